The van der Waals surface area contributed by atoms with Crippen molar-refractivity contribution in [2.75, 3.05) is 0 Å². The third kappa shape index (κ3) is 8.66. The van der Waals surface area contributed by atoms with Crippen LogP contribution in [0.15, 0.2) is 24.3 Å². The van der Waals surface area contributed by atoms with Crippen LogP contribution in [-0.4, -0.2) is 44.7 Å². The molecule has 0 amide bonds. The van der Waals surface area contributed by atoms with Gasteiger partial charge in [-0.1, -0.05) is 44.1 Å². The van der Waals surface area contributed by atoms with E-state index in [1.807, 2.05) is 0 Å². The van der Waals surface area contributed by atoms with E-state index in [-0.39, 0.29) is 18.3 Å². The maximum atomic E-state index is 10.5. The molecule has 1 aliphatic rings. The summed E-state index contributed by atoms with van der Waals surface area (Å²) in [6.07, 6.45) is 12.4. The number of aliphatic hydroxyl groups is 3. The number of carbonyl (C=O) groups is 1. The predicted molar refractivity (Wildman–Crippen MR) is 98.1 cm³/mol. The zero-order chi connectivity index (χ0) is 18.7. The molecule has 0 aromatic heterocycles. The fourth-order valence-corrected chi connectivity index (χ4v) is 3.41. The number of unbranched alkanes of at least 4 members (excludes halogenated alkanes) is 3. The summed E-state index contributed by atoms with van der Waals surface area (Å²) < 4.78 is 0. The predicted octanol–water partition coefficient (Wildman–Crippen LogP) is 3.04. The van der Waals surface area contributed by atoms with Crippen molar-refractivity contribution in [1.29, 1.82) is 0 Å². The SMILES string of the molecule is CCCCC/C=C\C[C@@H]1[C@H](/C=C/[C@H](O)CCCC(=O)O)[C@H](O)C[C@@H]1O. The molecular weight excluding hydrogens is 320 g/mol. The molecule has 0 aliphatic heterocycles. The van der Waals surface area contributed by atoms with E-state index in [0.717, 1.165) is 6.42 Å². The van der Waals surface area contributed by atoms with Gasteiger partial charge in [0.25, 0.3) is 0 Å². The van der Waals surface area contributed by atoms with Gasteiger partial charge in [0, 0.05) is 18.8 Å². The Kier molecular flexibility index (Phi) is 10.7. The molecule has 0 aromatic rings. The summed E-state index contributed by atoms with van der Waals surface area (Å²) in [5, 5.41) is 38.9. The molecular formula is C20H34O5. The molecule has 144 valence electrons. The fraction of sp³-hybridized carbons (Fsp3) is 0.750. The van der Waals surface area contributed by atoms with Gasteiger partial charge < -0.3 is 20.4 Å². The number of carboxylic acids is 1. The highest BCUT2D eigenvalue weighted by atomic mass is 16.4. The quantitative estimate of drug-likeness (QED) is 0.319. The summed E-state index contributed by atoms with van der Waals surface area (Å²) >= 11 is 0. The van der Waals surface area contributed by atoms with Gasteiger partial charge in [-0.15, -0.1) is 0 Å². The maximum absolute atomic E-state index is 10.5. The lowest BCUT2D eigenvalue weighted by molar-refractivity contribution is -0.137. The van der Waals surface area contributed by atoms with Crippen LogP contribution < -0.4 is 0 Å². The average Bonchev–Trinajstić information content (AvgIpc) is 2.81. The van der Waals surface area contributed by atoms with Crippen LogP contribution in [0.1, 0.15) is 64.7 Å². The third-order valence-electron chi connectivity index (χ3n) is 4.91. The van der Waals surface area contributed by atoms with Gasteiger partial charge in [0.05, 0.1) is 18.3 Å². The van der Waals surface area contributed by atoms with Gasteiger partial charge in [0.15, 0.2) is 0 Å². The van der Waals surface area contributed by atoms with Crippen molar-refractivity contribution in [3.63, 3.8) is 0 Å². The van der Waals surface area contributed by atoms with E-state index < -0.39 is 24.3 Å². The van der Waals surface area contributed by atoms with Crippen molar-refractivity contribution in [1.82, 2.24) is 0 Å². The molecule has 1 saturated carbocycles. The molecule has 1 fully saturated rings. The Balaban J connectivity index is 2.47. The maximum Gasteiger partial charge on any atom is 0.303 e. The Morgan fingerprint density at radius 3 is 2.60 bits per heavy atom. The Morgan fingerprint density at radius 2 is 1.92 bits per heavy atom. The van der Waals surface area contributed by atoms with Gasteiger partial charge in [-0.05, 0) is 38.0 Å². The number of aliphatic carboxylic acids is 1. The number of hydrogen-bond acceptors (Lipinski definition) is 4. The molecule has 0 unspecified atom stereocenters. The average molecular weight is 354 g/mol. The van der Waals surface area contributed by atoms with E-state index in [2.05, 4.69) is 19.1 Å². The largest absolute Gasteiger partial charge is 0.481 e. The molecule has 5 heteroatoms. The van der Waals surface area contributed by atoms with Crippen LogP contribution in [0.2, 0.25) is 0 Å². The summed E-state index contributed by atoms with van der Waals surface area (Å²) in [7, 11) is 0. The second kappa shape index (κ2) is 12.2. The van der Waals surface area contributed by atoms with Crippen LogP contribution in [0.3, 0.4) is 0 Å². The summed E-state index contributed by atoms with van der Waals surface area (Å²) in [5.74, 6) is -1.08. The first kappa shape index (κ1) is 21.9. The monoisotopic (exact) mass is 354 g/mol. The molecule has 5 nitrogen and oxygen atoms in total. The number of aliphatic hydroxyl groups excluding tert-OH is 3. The van der Waals surface area contributed by atoms with Gasteiger partial charge >= 0.3 is 5.97 Å². The summed E-state index contributed by atoms with van der Waals surface area (Å²) in [6, 6.07) is 0. The third-order valence-corrected chi connectivity index (χ3v) is 4.91. The Hall–Kier alpha value is -1.17. The topological polar surface area (TPSA) is 98.0 Å². The van der Waals surface area contributed by atoms with Gasteiger partial charge in [-0.2, -0.15) is 0 Å². The van der Waals surface area contributed by atoms with Crippen molar-refractivity contribution in [3.8, 4) is 0 Å². The number of carboxylic acid groups (broad SMARTS) is 1. The Morgan fingerprint density at radius 1 is 1.16 bits per heavy atom. The first-order valence-electron chi connectivity index (χ1n) is 9.55. The van der Waals surface area contributed by atoms with Crippen molar-refractivity contribution in [2.45, 2.75) is 83.0 Å². The smallest absolute Gasteiger partial charge is 0.303 e. The summed E-state index contributed by atoms with van der Waals surface area (Å²) in [4.78, 5) is 10.5. The standard InChI is InChI=1S/C20H34O5/c1-2-3-4-5-6-7-10-16-17(19(23)14-18(16)22)13-12-15(21)9-8-11-20(24)25/h6-7,12-13,15-19,21-23H,2-5,8-11,14H2,1H3,(H,24,25)/b7-6-,13-12+/t15-,16-,17+,18+,19-/m1/s1. The van der Waals surface area contributed by atoms with Gasteiger partial charge in [0.2, 0.25) is 0 Å². The van der Waals surface area contributed by atoms with E-state index in [1.165, 1.54) is 19.3 Å². The molecule has 0 saturated heterocycles. The highest BCUT2D eigenvalue weighted by molar-refractivity contribution is 5.66. The molecule has 0 aromatic carbocycles. The second-order valence-corrected chi connectivity index (χ2v) is 7.05. The molecule has 0 heterocycles. The lowest BCUT2D eigenvalue weighted by Gasteiger charge is -2.19. The zero-order valence-corrected chi connectivity index (χ0v) is 15.3. The van der Waals surface area contributed by atoms with Crippen LogP contribution >= 0.6 is 0 Å². The van der Waals surface area contributed by atoms with Crippen LogP contribution in [0.25, 0.3) is 0 Å². The van der Waals surface area contributed by atoms with Crippen molar-refractivity contribution < 1.29 is 25.2 Å². The first-order valence-corrected chi connectivity index (χ1v) is 9.55. The number of rotatable bonds is 12. The second-order valence-electron chi connectivity index (χ2n) is 7.05. The molecule has 5 atom stereocenters. The fourth-order valence-electron chi connectivity index (χ4n) is 3.41. The number of allylic oxidation sites excluding steroid dienone is 2. The molecule has 0 spiro atoms. The van der Waals surface area contributed by atoms with Gasteiger partial charge in [0.1, 0.15) is 0 Å². The van der Waals surface area contributed by atoms with Gasteiger partial charge in [-0.25, -0.2) is 0 Å². The minimum Gasteiger partial charge on any atom is -0.481 e. The minimum absolute atomic E-state index is 0.0418. The molecule has 0 radical (unpaired) electrons. The zero-order valence-electron chi connectivity index (χ0n) is 15.3. The molecule has 4 N–H and O–H groups in total. The summed E-state index contributed by atoms with van der Waals surface area (Å²) in [6.45, 7) is 2.17. The van der Waals surface area contributed by atoms with E-state index >= 15 is 0 Å². The van der Waals surface area contributed by atoms with Crippen LogP contribution in [0.4, 0.5) is 0 Å². The summed E-state index contributed by atoms with van der Waals surface area (Å²) in [5.41, 5.74) is 0. The number of hydrogen-bond donors (Lipinski definition) is 4. The lowest BCUT2D eigenvalue weighted by Crippen LogP contribution is -2.20. The lowest BCUT2D eigenvalue weighted by atomic mass is 9.89. The van der Waals surface area contributed by atoms with E-state index in [9.17, 15) is 20.1 Å². The normalized spacial score (nSPS) is 28.2. The van der Waals surface area contributed by atoms with Crippen LogP contribution in [0, 0.1) is 11.8 Å². The van der Waals surface area contributed by atoms with Crippen molar-refractivity contribution in [2.24, 2.45) is 11.8 Å². The Bertz CT molecular complexity index is 432. The highest BCUT2D eigenvalue weighted by Gasteiger charge is 2.39. The van der Waals surface area contributed by atoms with E-state index in [4.69, 9.17) is 5.11 Å². The molecule has 1 rings (SSSR count). The first-order chi connectivity index (χ1) is 12.0. The van der Waals surface area contributed by atoms with Crippen molar-refractivity contribution in [3.05, 3.63) is 24.3 Å². The van der Waals surface area contributed by atoms with Gasteiger partial charge in [-0.3, -0.25) is 4.79 Å². The molecule has 1 aliphatic carbocycles. The van der Waals surface area contributed by atoms with Crippen LogP contribution in [0.5, 0.6) is 0 Å². The van der Waals surface area contributed by atoms with Crippen LogP contribution in [-0.2, 0) is 4.79 Å². The van der Waals surface area contributed by atoms with E-state index in [0.29, 0.717) is 25.7 Å². The Labute approximate surface area is 151 Å². The van der Waals surface area contributed by atoms with Crippen molar-refractivity contribution >= 4 is 5.97 Å². The minimum atomic E-state index is -0.865. The molecule has 0 bridgehead atoms. The highest BCUT2D eigenvalue weighted by Crippen LogP contribution is 2.36. The molecule has 25 heavy (non-hydrogen) atoms. The van der Waals surface area contributed by atoms with E-state index in [1.54, 1.807) is 12.2 Å².